The Balaban J connectivity index is 1.94. The predicted octanol–water partition coefficient (Wildman–Crippen LogP) is 2.76. The van der Waals surface area contributed by atoms with E-state index in [1.54, 1.807) is 36.4 Å². The van der Waals surface area contributed by atoms with Crippen molar-refractivity contribution >= 4 is 23.4 Å². The van der Waals surface area contributed by atoms with Crippen LogP contribution in [0.5, 0.6) is 0 Å². The fourth-order valence-corrected chi connectivity index (χ4v) is 2.37. The van der Waals surface area contributed by atoms with Gasteiger partial charge in [0.15, 0.2) is 0 Å². The molecule has 122 valence electrons. The molecule has 1 atom stereocenters. The molecule has 2 amide bonds. The molecule has 0 saturated heterocycles. The largest absolute Gasteiger partial charge is 0.343 e. The molecule has 2 aromatic rings. The minimum Gasteiger partial charge on any atom is -0.343 e. The lowest BCUT2D eigenvalue weighted by atomic mass is 10.1. The molecule has 0 aliphatic carbocycles. The van der Waals surface area contributed by atoms with E-state index in [0.29, 0.717) is 16.1 Å². The van der Waals surface area contributed by atoms with E-state index >= 15 is 0 Å². The van der Waals surface area contributed by atoms with Gasteiger partial charge < -0.3 is 10.6 Å². The topological polar surface area (TPSA) is 82.0 Å². The minimum absolute atomic E-state index is 0.216. The van der Waals surface area contributed by atoms with Crippen LogP contribution in [0.15, 0.2) is 48.5 Å². The van der Waals surface area contributed by atoms with Crippen LogP contribution in [-0.2, 0) is 4.79 Å². The molecule has 6 heteroatoms. The molecule has 24 heavy (non-hydrogen) atoms. The molecule has 5 nitrogen and oxygen atoms in total. The van der Waals surface area contributed by atoms with Crippen molar-refractivity contribution in [2.45, 2.75) is 13.0 Å². The Labute approximate surface area is 145 Å². The van der Waals surface area contributed by atoms with Gasteiger partial charge in [-0.2, -0.15) is 5.26 Å². The average molecular weight is 342 g/mol. The Morgan fingerprint density at radius 3 is 2.62 bits per heavy atom. The molecule has 2 aromatic carbocycles. The predicted molar refractivity (Wildman–Crippen MR) is 91.5 cm³/mol. The lowest BCUT2D eigenvalue weighted by molar-refractivity contribution is -0.120. The van der Waals surface area contributed by atoms with Gasteiger partial charge in [-0.05, 0) is 36.2 Å². The second kappa shape index (κ2) is 8.14. The first-order chi connectivity index (χ1) is 11.5. The van der Waals surface area contributed by atoms with Gasteiger partial charge in [-0.3, -0.25) is 9.59 Å². The number of nitrogens with zero attached hydrogens (tertiary/aromatic N) is 1. The SMILES string of the molecule is Cc1ccccc1C(=O)NCC(=O)N[C@H](C#N)c1cccc(Cl)c1. The van der Waals surface area contributed by atoms with Gasteiger partial charge in [0.2, 0.25) is 5.91 Å². The van der Waals surface area contributed by atoms with Crippen LogP contribution in [0.4, 0.5) is 0 Å². The van der Waals surface area contributed by atoms with Gasteiger partial charge in [-0.25, -0.2) is 0 Å². The van der Waals surface area contributed by atoms with Crippen molar-refractivity contribution in [1.82, 2.24) is 10.6 Å². The van der Waals surface area contributed by atoms with Gasteiger partial charge >= 0.3 is 0 Å². The number of amides is 2. The highest BCUT2D eigenvalue weighted by Crippen LogP contribution is 2.17. The first-order valence-electron chi connectivity index (χ1n) is 7.29. The van der Waals surface area contributed by atoms with Crippen molar-refractivity contribution in [2.75, 3.05) is 6.54 Å². The molecule has 0 heterocycles. The fourth-order valence-electron chi connectivity index (χ4n) is 2.17. The fraction of sp³-hybridized carbons (Fsp3) is 0.167. The normalized spacial score (nSPS) is 11.2. The van der Waals surface area contributed by atoms with Gasteiger partial charge in [-0.15, -0.1) is 0 Å². The van der Waals surface area contributed by atoms with E-state index in [0.717, 1.165) is 5.56 Å². The summed E-state index contributed by atoms with van der Waals surface area (Å²) >= 11 is 5.89. The van der Waals surface area contributed by atoms with E-state index in [4.69, 9.17) is 11.6 Å². The van der Waals surface area contributed by atoms with E-state index < -0.39 is 11.9 Å². The molecular weight excluding hydrogens is 326 g/mol. The molecule has 0 aliphatic rings. The van der Waals surface area contributed by atoms with E-state index in [1.807, 2.05) is 25.1 Å². The summed E-state index contributed by atoms with van der Waals surface area (Å²) in [7, 11) is 0. The third-order valence-corrected chi connectivity index (χ3v) is 3.65. The van der Waals surface area contributed by atoms with Crippen LogP contribution >= 0.6 is 11.6 Å². The van der Waals surface area contributed by atoms with Crippen LogP contribution < -0.4 is 10.6 Å². The highest BCUT2D eigenvalue weighted by Gasteiger charge is 2.15. The van der Waals surface area contributed by atoms with Crippen LogP contribution in [0, 0.1) is 18.3 Å². The number of nitrogens with one attached hydrogen (secondary N) is 2. The molecule has 0 radical (unpaired) electrons. The van der Waals surface area contributed by atoms with Gasteiger partial charge in [0, 0.05) is 10.6 Å². The first kappa shape index (κ1) is 17.5. The Kier molecular flexibility index (Phi) is 5.94. The van der Waals surface area contributed by atoms with E-state index in [9.17, 15) is 14.9 Å². The van der Waals surface area contributed by atoms with Crippen LogP contribution in [0.3, 0.4) is 0 Å². The monoisotopic (exact) mass is 341 g/mol. The van der Waals surface area contributed by atoms with Crippen molar-refractivity contribution in [1.29, 1.82) is 5.26 Å². The number of hydrogen-bond donors (Lipinski definition) is 2. The highest BCUT2D eigenvalue weighted by molar-refractivity contribution is 6.30. The highest BCUT2D eigenvalue weighted by atomic mass is 35.5. The third-order valence-electron chi connectivity index (χ3n) is 3.42. The molecule has 0 fully saturated rings. The Bertz CT molecular complexity index is 799. The van der Waals surface area contributed by atoms with Gasteiger partial charge in [0.1, 0.15) is 6.04 Å². The summed E-state index contributed by atoms with van der Waals surface area (Å²) in [6, 6.07) is 15.0. The number of halogens is 1. The zero-order valence-corrected chi connectivity index (χ0v) is 13.8. The lowest BCUT2D eigenvalue weighted by Crippen LogP contribution is -2.38. The summed E-state index contributed by atoms with van der Waals surface area (Å²) in [6.07, 6.45) is 0. The maximum Gasteiger partial charge on any atom is 0.251 e. The molecular formula is C18H16ClN3O2. The van der Waals surface area contributed by atoms with Crippen LogP contribution in [0.1, 0.15) is 27.5 Å². The molecule has 2 N–H and O–H groups in total. The van der Waals surface area contributed by atoms with Crippen LogP contribution in [-0.4, -0.2) is 18.4 Å². The number of hydrogen-bond acceptors (Lipinski definition) is 3. The van der Waals surface area contributed by atoms with Crippen molar-refractivity contribution < 1.29 is 9.59 Å². The zero-order valence-electron chi connectivity index (χ0n) is 13.0. The lowest BCUT2D eigenvalue weighted by Gasteiger charge is -2.13. The number of nitriles is 1. The van der Waals surface area contributed by atoms with Gasteiger partial charge in [-0.1, -0.05) is 41.9 Å². The molecule has 0 bridgehead atoms. The standard InChI is InChI=1S/C18H16ClN3O2/c1-12-5-2-3-8-15(12)18(24)21-11-17(23)22-16(10-20)13-6-4-7-14(19)9-13/h2-9,16H,11H2,1H3,(H,21,24)(H,22,23)/t16-/m1/s1. The maximum absolute atomic E-state index is 12.1. The smallest absolute Gasteiger partial charge is 0.251 e. The van der Waals surface area contributed by atoms with E-state index in [1.165, 1.54) is 0 Å². The van der Waals surface area contributed by atoms with E-state index in [-0.39, 0.29) is 12.5 Å². The molecule has 2 rings (SSSR count). The first-order valence-corrected chi connectivity index (χ1v) is 7.67. The quantitative estimate of drug-likeness (QED) is 0.877. The maximum atomic E-state index is 12.1. The summed E-state index contributed by atoms with van der Waals surface area (Å²) < 4.78 is 0. The number of aryl methyl sites for hydroxylation is 1. The minimum atomic E-state index is -0.827. The molecule has 0 aliphatic heterocycles. The second-order valence-electron chi connectivity index (χ2n) is 5.18. The number of benzene rings is 2. The Hall–Kier alpha value is -2.84. The molecule has 0 aromatic heterocycles. The summed E-state index contributed by atoms with van der Waals surface area (Å²) in [5.74, 6) is -0.789. The number of carbonyl (C=O) groups is 2. The zero-order chi connectivity index (χ0) is 17.5. The molecule has 0 unspecified atom stereocenters. The van der Waals surface area contributed by atoms with E-state index in [2.05, 4.69) is 10.6 Å². The average Bonchev–Trinajstić information content (AvgIpc) is 2.58. The van der Waals surface area contributed by atoms with Crippen molar-refractivity contribution in [3.8, 4) is 6.07 Å². The summed E-state index contributed by atoms with van der Waals surface area (Å²) in [4.78, 5) is 24.0. The number of rotatable bonds is 5. The third kappa shape index (κ3) is 4.58. The summed E-state index contributed by atoms with van der Waals surface area (Å²) in [5.41, 5.74) is 1.92. The van der Waals surface area contributed by atoms with Crippen molar-refractivity contribution in [2.24, 2.45) is 0 Å². The van der Waals surface area contributed by atoms with Gasteiger partial charge in [0.25, 0.3) is 5.91 Å². The van der Waals surface area contributed by atoms with Crippen molar-refractivity contribution in [3.05, 3.63) is 70.2 Å². The van der Waals surface area contributed by atoms with Crippen LogP contribution in [0.25, 0.3) is 0 Å². The summed E-state index contributed by atoms with van der Waals surface area (Å²) in [6.45, 7) is 1.60. The number of carbonyl (C=O) groups excluding carboxylic acids is 2. The Morgan fingerprint density at radius 2 is 1.96 bits per heavy atom. The van der Waals surface area contributed by atoms with Crippen LogP contribution in [0.2, 0.25) is 5.02 Å². The van der Waals surface area contributed by atoms with Gasteiger partial charge in [0.05, 0.1) is 12.6 Å². The second-order valence-corrected chi connectivity index (χ2v) is 5.62. The Morgan fingerprint density at radius 1 is 1.21 bits per heavy atom. The molecule has 0 spiro atoms. The van der Waals surface area contributed by atoms with Crippen molar-refractivity contribution in [3.63, 3.8) is 0 Å². The summed E-state index contributed by atoms with van der Waals surface area (Å²) in [5, 5.41) is 14.8. The molecule has 0 saturated carbocycles.